The molecule has 3 nitrogen and oxygen atoms in total. The number of hydrogen-bond acceptors (Lipinski definition) is 2. The highest BCUT2D eigenvalue weighted by molar-refractivity contribution is 5.81. The first kappa shape index (κ1) is 12.5. The number of amides is 1. The van der Waals surface area contributed by atoms with Gasteiger partial charge in [-0.2, -0.15) is 0 Å². The van der Waals surface area contributed by atoms with E-state index >= 15 is 0 Å². The van der Waals surface area contributed by atoms with Gasteiger partial charge >= 0.3 is 0 Å². The lowest BCUT2D eigenvalue weighted by Crippen LogP contribution is -2.40. The first-order valence-electron chi connectivity index (χ1n) is 7.25. The molecule has 0 aromatic heterocycles. The Bertz CT molecular complexity index is 475. The van der Waals surface area contributed by atoms with Crippen molar-refractivity contribution in [3.8, 4) is 0 Å². The average Bonchev–Trinajstić information content (AvgIpc) is 2.77. The van der Waals surface area contributed by atoms with Gasteiger partial charge in [0, 0.05) is 25.3 Å². The molecule has 3 heteroatoms. The maximum absolute atomic E-state index is 12.6. The lowest BCUT2D eigenvalue weighted by molar-refractivity contribution is -0.134. The number of fused-ring (bicyclic) bond motifs is 1. The molecule has 1 aromatic rings. The minimum Gasteiger partial charge on any atom is -0.384 e. The molecule has 1 saturated heterocycles. The van der Waals surface area contributed by atoms with Gasteiger partial charge in [0.05, 0.1) is 5.92 Å². The van der Waals surface area contributed by atoms with Gasteiger partial charge in [-0.15, -0.1) is 0 Å². The molecule has 3 rings (SSSR count). The van der Waals surface area contributed by atoms with Crippen LogP contribution in [0, 0.1) is 17.8 Å². The molecule has 102 valence electrons. The van der Waals surface area contributed by atoms with Crippen molar-refractivity contribution in [1.29, 1.82) is 0 Å². The summed E-state index contributed by atoms with van der Waals surface area (Å²) in [5, 5.41) is 3.39. The molecule has 2 heterocycles. The number of nitrogens with one attached hydrogen (secondary N) is 1. The lowest BCUT2D eigenvalue weighted by atomic mass is 9.93. The Balaban J connectivity index is 1.70. The van der Waals surface area contributed by atoms with Crippen molar-refractivity contribution < 1.29 is 4.79 Å². The number of carbonyl (C=O) groups is 1. The van der Waals surface area contributed by atoms with E-state index in [1.54, 1.807) is 0 Å². The van der Waals surface area contributed by atoms with Gasteiger partial charge in [-0.25, -0.2) is 0 Å². The van der Waals surface area contributed by atoms with Crippen LogP contribution in [-0.4, -0.2) is 30.4 Å². The number of para-hydroxylation sites is 1. The zero-order valence-corrected chi connectivity index (χ0v) is 11.7. The Morgan fingerprint density at radius 1 is 1.21 bits per heavy atom. The molecule has 19 heavy (non-hydrogen) atoms. The SMILES string of the molecule is CC1CN(C(=O)C2CNc3ccccc3C2)CC1C. The van der Waals surface area contributed by atoms with E-state index in [2.05, 4.69) is 36.2 Å². The summed E-state index contributed by atoms with van der Waals surface area (Å²) in [5.74, 6) is 1.70. The van der Waals surface area contributed by atoms with E-state index in [0.717, 1.165) is 26.1 Å². The molecular formula is C16H22N2O. The standard InChI is InChI=1S/C16H22N2O/c1-11-9-18(10-12(11)2)16(19)14-7-13-5-3-4-6-15(13)17-8-14/h3-6,11-12,14,17H,7-10H2,1-2H3. The highest BCUT2D eigenvalue weighted by Crippen LogP contribution is 2.28. The van der Waals surface area contributed by atoms with Crippen LogP contribution < -0.4 is 5.32 Å². The Morgan fingerprint density at radius 3 is 2.63 bits per heavy atom. The van der Waals surface area contributed by atoms with Crippen LogP contribution in [-0.2, 0) is 11.2 Å². The largest absolute Gasteiger partial charge is 0.384 e. The molecule has 0 aliphatic carbocycles. The van der Waals surface area contributed by atoms with Gasteiger partial charge < -0.3 is 10.2 Å². The van der Waals surface area contributed by atoms with Crippen LogP contribution in [0.15, 0.2) is 24.3 Å². The van der Waals surface area contributed by atoms with E-state index in [4.69, 9.17) is 0 Å². The molecule has 2 aliphatic heterocycles. The van der Waals surface area contributed by atoms with Crippen LogP contribution >= 0.6 is 0 Å². The van der Waals surface area contributed by atoms with Crippen molar-refractivity contribution in [2.75, 3.05) is 25.0 Å². The lowest BCUT2D eigenvalue weighted by Gasteiger charge is -2.29. The van der Waals surface area contributed by atoms with Crippen molar-refractivity contribution in [2.24, 2.45) is 17.8 Å². The third-order valence-electron chi connectivity index (χ3n) is 4.67. The summed E-state index contributed by atoms with van der Waals surface area (Å²) in [6.45, 7) is 7.12. The van der Waals surface area contributed by atoms with Crippen molar-refractivity contribution in [1.82, 2.24) is 4.90 Å². The molecular weight excluding hydrogens is 236 g/mol. The highest BCUT2D eigenvalue weighted by Gasteiger charge is 2.34. The Hall–Kier alpha value is -1.51. The third-order valence-corrected chi connectivity index (χ3v) is 4.67. The van der Waals surface area contributed by atoms with Crippen LogP contribution in [0.3, 0.4) is 0 Å². The van der Waals surface area contributed by atoms with Gasteiger partial charge in [0.25, 0.3) is 0 Å². The fraction of sp³-hybridized carbons (Fsp3) is 0.562. The molecule has 0 saturated carbocycles. The molecule has 0 spiro atoms. The molecule has 0 radical (unpaired) electrons. The molecule has 2 aliphatic rings. The summed E-state index contributed by atoms with van der Waals surface area (Å²) < 4.78 is 0. The van der Waals surface area contributed by atoms with Crippen molar-refractivity contribution in [2.45, 2.75) is 20.3 Å². The monoisotopic (exact) mass is 258 g/mol. The zero-order valence-electron chi connectivity index (χ0n) is 11.7. The minimum absolute atomic E-state index is 0.104. The molecule has 0 bridgehead atoms. The number of rotatable bonds is 1. The number of carbonyl (C=O) groups excluding carboxylic acids is 1. The molecule has 3 unspecified atom stereocenters. The van der Waals surface area contributed by atoms with E-state index in [-0.39, 0.29) is 5.92 Å². The van der Waals surface area contributed by atoms with E-state index in [9.17, 15) is 4.79 Å². The Labute approximate surface area is 115 Å². The van der Waals surface area contributed by atoms with Gasteiger partial charge in [-0.1, -0.05) is 32.0 Å². The predicted octanol–water partition coefficient (Wildman–Crippen LogP) is 2.39. The van der Waals surface area contributed by atoms with E-state index in [0.29, 0.717) is 17.7 Å². The molecule has 1 aromatic carbocycles. The van der Waals surface area contributed by atoms with Gasteiger partial charge in [-0.05, 0) is 29.9 Å². The highest BCUT2D eigenvalue weighted by atomic mass is 16.2. The van der Waals surface area contributed by atoms with Crippen molar-refractivity contribution >= 4 is 11.6 Å². The number of anilines is 1. The maximum Gasteiger partial charge on any atom is 0.227 e. The second-order valence-electron chi connectivity index (χ2n) is 6.14. The maximum atomic E-state index is 12.6. The van der Waals surface area contributed by atoms with Crippen LogP contribution in [0.1, 0.15) is 19.4 Å². The number of likely N-dealkylation sites (tertiary alicyclic amines) is 1. The number of hydrogen-bond donors (Lipinski definition) is 1. The smallest absolute Gasteiger partial charge is 0.227 e. The van der Waals surface area contributed by atoms with Crippen LogP contribution in [0.25, 0.3) is 0 Å². The average molecular weight is 258 g/mol. The number of benzene rings is 1. The quantitative estimate of drug-likeness (QED) is 0.839. The predicted molar refractivity (Wildman–Crippen MR) is 77.0 cm³/mol. The Morgan fingerprint density at radius 2 is 1.89 bits per heavy atom. The zero-order chi connectivity index (χ0) is 13.4. The minimum atomic E-state index is 0.104. The van der Waals surface area contributed by atoms with Gasteiger partial charge in [-0.3, -0.25) is 4.79 Å². The van der Waals surface area contributed by atoms with Gasteiger partial charge in [0.1, 0.15) is 0 Å². The summed E-state index contributed by atoms with van der Waals surface area (Å²) >= 11 is 0. The second kappa shape index (κ2) is 4.87. The summed E-state index contributed by atoms with van der Waals surface area (Å²) in [7, 11) is 0. The normalized spacial score (nSPS) is 29.8. The van der Waals surface area contributed by atoms with Crippen LogP contribution in [0.5, 0.6) is 0 Å². The Kier molecular flexibility index (Phi) is 3.21. The summed E-state index contributed by atoms with van der Waals surface area (Å²) in [5.41, 5.74) is 2.46. The topological polar surface area (TPSA) is 32.3 Å². The first-order chi connectivity index (χ1) is 9.15. The molecule has 3 atom stereocenters. The summed E-state index contributed by atoms with van der Waals surface area (Å²) in [6.07, 6.45) is 0.876. The van der Waals surface area contributed by atoms with E-state index in [1.165, 1.54) is 11.3 Å². The fourth-order valence-electron chi connectivity index (χ4n) is 3.18. The van der Waals surface area contributed by atoms with E-state index in [1.807, 2.05) is 12.1 Å². The third kappa shape index (κ3) is 2.34. The summed E-state index contributed by atoms with van der Waals surface area (Å²) in [6, 6.07) is 8.30. The van der Waals surface area contributed by atoms with Gasteiger partial charge in [0.2, 0.25) is 5.91 Å². The molecule has 1 N–H and O–H groups in total. The number of nitrogens with zero attached hydrogens (tertiary/aromatic N) is 1. The molecule has 1 amide bonds. The fourth-order valence-corrected chi connectivity index (χ4v) is 3.18. The summed E-state index contributed by atoms with van der Waals surface area (Å²) in [4.78, 5) is 14.7. The molecule has 1 fully saturated rings. The van der Waals surface area contributed by atoms with Crippen LogP contribution in [0.4, 0.5) is 5.69 Å². The van der Waals surface area contributed by atoms with Crippen molar-refractivity contribution in [3.05, 3.63) is 29.8 Å². The second-order valence-corrected chi connectivity index (χ2v) is 6.14. The van der Waals surface area contributed by atoms with Gasteiger partial charge in [0.15, 0.2) is 0 Å². The van der Waals surface area contributed by atoms with Crippen molar-refractivity contribution in [3.63, 3.8) is 0 Å². The first-order valence-corrected chi connectivity index (χ1v) is 7.25. The van der Waals surface area contributed by atoms with E-state index < -0.39 is 0 Å². The van der Waals surface area contributed by atoms with Crippen LogP contribution in [0.2, 0.25) is 0 Å².